The Labute approximate surface area is 91.6 Å². The Hall–Kier alpha value is -0.930. The zero-order valence-electron chi connectivity index (χ0n) is 7.91. The average molecular weight is 225 g/mol. The van der Waals surface area contributed by atoms with Gasteiger partial charge in [0.15, 0.2) is 0 Å². The van der Waals surface area contributed by atoms with Crippen LogP contribution >= 0.6 is 22.9 Å². The number of rotatable bonds is 1. The molecule has 0 aromatic carbocycles. The third-order valence-corrected chi connectivity index (χ3v) is 3.07. The summed E-state index contributed by atoms with van der Waals surface area (Å²) in [6.45, 7) is 4.06. The molecule has 0 atom stereocenters. The van der Waals surface area contributed by atoms with Gasteiger partial charge in [0.1, 0.15) is 15.9 Å². The first-order chi connectivity index (χ1) is 6.66. The predicted molar refractivity (Wildman–Crippen MR) is 59.8 cm³/mol. The lowest BCUT2D eigenvalue weighted by atomic mass is 10.2. The first kappa shape index (κ1) is 9.62. The molecule has 0 aliphatic heterocycles. The average Bonchev–Trinajstić information content (AvgIpc) is 2.51. The molecule has 2 aromatic rings. The lowest BCUT2D eigenvalue weighted by Crippen LogP contribution is -1.88. The fourth-order valence-corrected chi connectivity index (χ4v) is 2.31. The molecule has 0 saturated carbocycles. The van der Waals surface area contributed by atoms with Crippen LogP contribution in [-0.4, -0.2) is 9.97 Å². The topological polar surface area (TPSA) is 25.8 Å². The van der Waals surface area contributed by atoms with Crippen LogP contribution in [0.5, 0.6) is 0 Å². The summed E-state index contributed by atoms with van der Waals surface area (Å²) in [6, 6.07) is 2.09. The molecule has 0 unspecified atom stereocenters. The predicted octanol–water partition coefficient (Wildman–Crippen LogP) is 3.48. The van der Waals surface area contributed by atoms with Crippen LogP contribution < -0.4 is 0 Å². The highest BCUT2D eigenvalue weighted by molar-refractivity contribution is 7.13. The van der Waals surface area contributed by atoms with Gasteiger partial charge in [-0.25, -0.2) is 4.98 Å². The molecule has 2 rings (SSSR count). The lowest BCUT2D eigenvalue weighted by molar-refractivity contribution is 1.21. The zero-order valence-corrected chi connectivity index (χ0v) is 9.49. The summed E-state index contributed by atoms with van der Waals surface area (Å²) < 4.78 is 0. The molecule has 0 radical (unpaired) electrons. The molecule has 0 aliphatic carbocycles. The number of hydrogen-bond acceptors (Lipinski definition) is 3. The highest BCUT2D eigenvalue weighted by Gasteiger charge is 2.07. The van der Waals surface area contributed by atoms with E-state index in [1.807, 2.05) is 25.4 Å². The van der Waals surface area contributed by atoms with Gasteiger partial charge in [0.05, 0.1) is 0 Å². The molecule has 0 fully saturated rings. The molecule has 0 saturated heterocycles. The Kier molecular flexibility index (Phi) is 2.52. The molecule has 0 bridgehead atoms. The van der Waals surface area contributed by atoms with Gasteiger partial charge in [-0.3, -0.25) is 4.98 Å². The van der Waals surface area contributed by atoms with Gasteiger partial charge in [0.2, 0.25) is 0 Å². The van der Waals surface area contributed by atoms with E-state index in [0.29, 0.717) is 5.15 Å². The smallest absolute Gasteiger partial charge is 0.143 e. The number of nitrogens with zero attached hydrogens (tertiary/aromatic N) is 2. The summed E-state index contributed by atoms with van der Waals surface area (Å²) in [4.78, 5) is 8.54. The lowest BCUT2D eigenvalue weighted by Gasteiger charge is -2.01. The summed E-state index contributed by atoms with van der Waals surface area (Å²) >= 11 is 7.28. The summed E-state index contributed by atoms with van der Waals surface area (Å²) in [5.74, 6) is 0. The highest BCUT2D eigenvalue weighted by atomic mass is 35.5. The van der Waals surface area contributed by atoms with Gasteiger partial charge in [0, 0.05) is 11.6 Å². The Morgan fingerprint density at radius 3 is 2.71 bits per heavy atom. The maximum Gasteiger partial charge on any atom is 0.143 e. The minimum absolute atomic E-state index is 0.534. The maximum absolute atomic E-state index is 5.77. The van der Waals surface area contributed by atoms with Crippen molar-refractivity contribution in [2.45, 2.75) is 13.8 Å². The number of halogens is 1. The molecular weight excluding hydrogens is 216 g/mol. The SMILES string of the molecule is Cc1cnc(-c2nc(Cl)cs2)c(C)c1. The van der Waals surface area contributed by atoms with Crippen LogP contribution in [-0.2, 0) is 0 Å². The summed E-state index contributed by atoms with van der Waals surface area (Å²) in [7, 11) is 0. The molecule has 14 heavy (non-hydrogen) atoms. The Balaban J connectivity index is 2.52. The summed E-state index contributed by atoms with van der Waals surface area (Å²) in [6.07, 6.45) is 1.84. The fraction of sp³-hybridized carbons (Fsp3) is 0.200. The van der Waals surface area contributed by atoms with Crippen molar-refractivity contribution in [1.29, 1.82) is 0 Å². The van der Waals surface area contributed by atoms with Crippen molar-refractivity contribution in [1.82, 2.24) is 9.97 Å². The minimum atomic E-state index is 0.534. The van der Waals surface area contributed by atoms with Crippen molar-refractivity contribution in [3.63, 3.8) is 0 Å². The molecular formula is C10H9ClN2S. The van der Waals surface area contributed by atoms with Crippen molar-refractivity contribution in [3.8, 4) is 10.7 Å². The monoisotopic (exact) mass is 224 g/mol. The van der Waals surface area contributed by atoms with E-state index >= 15 is 0 Å². The van der Waals surface area contributed by atoms with E-state index in [0.717, 1.165) is 21.8 Å². The second-order valence-corrected chi connectivity index (χ2v) is 4.40. The number of hydrogen-bond donors (Lipinski definition) is 0. The van der Waals surface area contributed by atoms with Crippen molar-refractivity contribution in [2.24, 2.45) is 0 Å². The van der Waals surface area contributed by atoms with Gasteiger partial charge in [-0.2, -0.15) is 0 Å². The van der Waals surface area contributed by atoms with Crippen LogP contribution in [0, 0.1) is 13.8 Å². The van der Waals surface area contributed by atoms with Gasteiger partial charge < -0.3 is 0 Å². The molecule has 2 aromatic heterocycles. The summed E-state index contributed by atoms with van der Waals surface area (Å²) in [5.41, 5.74) is 3.22. The largest absolute Gasteiger partial charge is 0.253 e. The van der Waals surface area contributed by atoms with Crippen LogP contribution in [0.15, 0.2) is 17.6 Å². The second kappa shape index (κ2) is 3.67. The molecule has 0 N–H and O–H groups in total. The normalized spacial score (nSPS) is 10.5. The molecule has 0 amide bonds. The van der Waals surface area contributed by atoms with Crippen LogP contribution in [0.2, 0.25) is 5.15 Å². The van der Waals surface area contributed by atoms with Crippen LogP contribution in [0.3, 0.4) is 0 Å². The Bertz CT molecular complexity index is 465. The van der Waals surface area contributed by atoms with Gasteiger partial charge in [-0.1, -0.05) is 17.7 Å². The fourth-order valence-electron chi connectivity index (χ4n) is 1.30. The first-order valence-corrected chi connectivity index (χ1v) is 5.47. The molecule has 2 nitrogen and oxygen atoms in total. The molecule has 4 heteroatoms. The quantitative estimate of drug-likeness (QED) is 0.741. The number of thiazole rings is 1. The maximum atomic E-state index is 5.77. The Morgan fingerprint density at radius 2 is 2.14 bits per heavy atom. The molecule has 72 valence electrons. The Morgan fingerprint density at radius 1 is 1.36 bits per heavy atom. The zero-order chi connectivity index (χ0) is 10.1. The van der Waals surface area contributed by atoms with Crippen molar-refractivity contribution >= 4 is 22.9 Å². The van der Waals surface area contributed by atoms with E-state index in [2.05, 4.69) is 16.0 Å². The van der Waals surface area contributed by atoms with E-state index in [9.17, 15) is 0 Å². The number of aryl methyl sites for hydroxylation is 2. The van der Waals surface area contributed by atoms with Crippen LogP contribution in [0.4, 0.5) is 0 Å². The van der Waals surface area contributed by atoms with E-state index < -0.39 is 0 Å². The summed E-state index contributed by atoms with van der Waals surface area (Å²) in [5, 5.41) is 3.23. The third-order valence-electron chi connectivity index (χ3n) is 1.89. The molecule has 2 heterocycles. The van der Waals surface area contributed by atoms with Gasteiger partial charge in [-0.05, 0) is 25.0 Å². The van der Waals surface area contributed by atoms with E-state index in [-0.39, 0.29) is 0 Å². The van der Waals surface area contributed by atoms with Gasteiger partial charge in [0.25, 0.3) is 0 Å². The van der Waals surface area contributed by atoms with E-state index in [1.165, 1.54) is 11.3 Å². The second-order valence-electron chi connectivity index (χ2n) is 3.15. The minimum Gasteiger partial charge on any atom is -0.253 e. The first-order valence-electron chi connectivity index (χ1n) is 4.21. The highest BCUT2D eigenvalue weighted by Crippen LogP contribution is 2.26. The molecule has 0 spiro atoms. The van der Waals surface area contributed by atoms with Gasteiger partial charge in [-0.15, -0.1) is 11.3 Å². The van der Waals surface area contributed by atoms with Crippen molar-refractivity contribution in [2.75, 3.05) is 0 Å². The van der Waals surface area contributed by atoms with Crippen LogP contribution in [0.25, 0.3) is 10.7 Å². The molecule has 0 aliphatic rings. The van der Waals surface area contributed by atoms with E-state index in [1.54, 1.807) is 0 Å². The third kappa shape index (κ3) is 1.79. The van der Waals surface area contributed by atoms with Crippen LogP contribution in [0.1, 0.15) is 11.1 Å². The van der Waals surface area contributed by atoms with Crippen molar-refractivity contribution < 1.29 is 0 Å². The number of aromatic nitrogens is 2. The number of pyridine rings is 1. The van der Waals surface area contributed by atoms with E-state index in [4.69, 9.17) is 11.6 Å². The van der Waals surface area contributed by atoms with Gasteiger partial charge >= 0.3 is 0 Å². The standard InChI is InChI=1S/C10H9ClN2S/c1-6-3-7(2)9(12-4-6)10-13-8(11)5-14-10/h3-5H,1-2H3. The van der Waals surface area contributed by atoms with Crippen molar-refractivity contribution in [3.05, 3.63) is 33.9 Å².